The number of nitrogens with zero attached hydrogens (tertiary/aromatic N) is 4. The number of rotatable bonds is 10. The predicted octanol–water partition coefficient (Wildman–Crippen LogP) is 6.52. The first-order valence-corrected chi connectivity index (χ1v) is 14.4. The number of amidine groups is 1. The van der Waals surface area contributed by atoms with Crippen LogP contribution in [0.2, 0.25) is 5.02 Å². The van der Waals surface area contributed by atoms with Crippen molar-refractivity contribution in [2.75, 3.05) is 30.9 Å². The van der Waals surface area contributed by atoms with Gasteiger partial charge in [0, 0.05) is 36.1 Å². The molecule has 0 unspecified atom stereocenters. The number of thioether (sulfide) groups is 1. The maximum atomic E-state index is 13.5. The quantitative estimate of drug-likeness (QED) is 0.124. The number of halogens is 1. The lowest BCUT2D eigenvalue weighted by atomic mass is 10.2. The van der Waals surface area contributed by atoms with E-state index in [1.807, 2.05) is 55.4 Å². The first-order valence-electron chi connectivity index (χ1n) is 13.2. The molecule has 0 spiro atoms. The summed E-state index contributed by atoms with van der Waals surface area (Å²) in [6.07, 6.45) is 4.92. The number of hydrogen-bond acceptors (Lipinski definition) is 8. The Labute approximate surface area is 258 Å². The van der Waals surface area contributed by atoms with Gasteiger partial charge in [0.1, 0.15) is 11.5 Å². The van der Waals surface area contributed by atoms with Crippen molar-refractivity contribution in [2.24, 2.45) is 10.2 Å². The molecule has 2 heterocycles. The van der Waals surface area contributed by atoms with E-state index >= 15 is 0 Å². The van der Waals surface area contributed by atoms with Crippen molar-refractivity contribution in [2.45, 2.75) is 6.54 Å². The Bertz CT molecular complexity index is 1670. The van der Waals surface area contributed by atoms with E-state index in [1.54, 1.807) is 67.1 Å². The van der Waals surface area contributed by atoms with Crippen LogP contribution in [0.3, 0.4) is 0 Å². The van der Waals surface area contributed by atoms with E-state index in [2.05, 4.69) is 15.5 Å². The maximum Gasteiger partial charge on any atom is 0.267 e. The second-order valence-corrected chi connectivity index (χ2v) is 11.0. The fourth-order valence-electron chi connectivity index (χ4n) is 4.03. The summed E-state index contributed by atoms with van der Waals surface area (Å²) in [5.74, 6) is 0.490. The van der Waals surface area contributed by atoms with Crippen LogP contribution in [0.1, 0.15) is 16.9 Å². The maximum absolute atomic E-state index is 13.5. The lowest BCUT2D eigenvalue weighted by Crippen LogP contribution is -2.28. The number of amides is 2. The van der Waals surface area contributed by atoms with Crippen LogP contribution in [0.15, 0.2) is 111 Å². The summed E-state index contributed by atoms with van der Waals surface area (Å²) in [5.41, 5.74) is 3.20. The smallest absolute Gasteiger partial charge is 0.267 e. The second kappa shape index (κ2) is 13.9. The Morgan fingerprint density at radius 2 is 1.81 bits per heavy atom. The summed E-state index contributed by atoms with van der Waals surface area (Å²) in [4.78, 5) is 30.0. The molecule has 218 valence electrons. The van der Waals surface area contributed by atoms with Gasteiger partial charge in [-0.25, -0.2) is 0 Å². The van der Waals surface area contributed by atoms with Crippen LogP contribution < -0.4 is 15.0 Å². The predicted molar refractivity (Wildman–Crippen MR) is 173 cm³/mol. The monoisotopic (exact) mass is 613 g/mol. The minimum atomic E-state index is -0.329. The average molecular weight is 614 g/mol. The van der Waals surface area contributed by atoms with Gasteiger partial charge >= 0.3 is 0 Å². The summed E-state index contributed by atoms with van der Waals surface area (Å²) in [7, 11) is 3.96. The Morgan fingerprint density at radius 3 is 2.53 bits per heavy atom. The third-order valence-corrected chi connectivity index (χ3v) is 7.48. The van der Waals surface area contributed by atoms with Gasteiger partial charge in [0.2, 0.25) is 0 Å². The van der Waals surface area contributed by atoms with Crippen molar-refractivity contribution in [3.8, 4) is 5.75 Å². The number of carbonyl (C=O) groups is 2. The number of carbonyl (C=O) groups excluding carboxylic acids is 2. The summed E-state index contributed by atoms with van der Waals surface area (Å²) in [5, 5.41) is 12.4. The van der Waals surface area contributed by atoms with Crippen LogP contribution in [0.5, 0.6) is 5.75 Å². The number of ether oxygens (including phenoxy) is 1. The van der Waals surface area contributed by atoms with Gasteiger partial charge in [0.05, 0.1) is 23.9 Å². The first-order chi connectivity index (χ1) is 20.9. The van der Waals surface area contributed by atoms with Crippen molar-refractivity contribution in [3.63, 3.8) is 0 Å². The van der Waals surface area contributed by atoms with Gasteiger partial charge in [0.15, 0.2) is 11.8 Å². The largest absolute Gasteiger partial charge is 0.483 e. The number of furan rings is 1. The number of benzene rings is 3. The molecule has 5 rings (SSSR count). The summed E-state index contributed by atoms with van der Waals surface area (Å²) in [6.45, 7) is -0.0173. The highest BCUT2D eigenvalue weighted by atomic mass is 35.5. The zero-order chi connectivity index (χ0) is 30.2. The lowest BCUT2D eigenvalue weighted by molar-refractivity contribution is -0.122. The van der Waals surface area contributed by atoms with Gasteiger partial charge in [-0.2, -0.15) is 5.10 Å². The Balaban J connectivity index is 1.33. The average Bonchev–Trinajstić information content (AvgIpc) is 3.62. The molecule has 1 N–H and O–H groups in total. The van der Waals surface area contributed by atoms with Gasteiger partial charge in [0.25, 0.3) is 11.8 Å². The normalized spacial score (nSPS) is 15.0. The van der Waals surface area contributed by atoms with Crippen LogP contribution in [-0.4, -0.2) is 48.8 Å². The first kappa shape index (κ1) is 29.7. The minimum Gasteiger partial charge on any atom is -0.483 e. The Kier molecular flexibility index (Phi) is 9.60. The number of hydrogen-bond donors (Lipinski definition) is 1. The fourth-order valence-corrected chi connectivity index (χ4v) is 5.08. The van der Waals surface area contributed by atoms with Gasteiger partial charge in [-0.1, -0.05) is 41.9 Å². The van der Waals surface area contributed by atoms with Crippen molar-refractivity contribution in [3.05, 3.63) is 118 Å². The Hall–Kier alpha value is -4.80. The lowest BCUT2D eigenvalue weighted by Gasteiger charge is -2.13. The third kappa shape index (κ3) is 7.94. The Morgan fingerprint density at radius 1 is 1.05 bits per heavy atom. The molecule has 1 aliphatic rings. The van der Waals surface area contributed by atoms with Gasteiger partial charge in [-0.3, -0.25) is 14.5 Å². The van der Waals surface area contributed by atoms with Crippen LogP contribution >= 0.6 is 23.4 Å². The van der Waals surface area contributed by atoms with Crippen molar-refractivity contribution in [1.82, 2.24) is 4.90 Å². The highest BCUT2D eigenvalue weighted by Crippen LogP contribution is 2.35. The van der Waals surface area contributed by atoms with Crippen molar-refractivity contribution in [1.29, 1.82) is 0 Å². The number of anilines is 2. The molecule has 1 saturated heterocycles. The molecule has 0 atom stereocenters. The molecule has 0 radical (unpaired) electrons. The SMILES string of the molecule is CN(C)c1ccc(/C=N\N=C2\S/C(=C\c3ccccc3OCC(=O)Nc3ccc(Cl)cc3)C(=O)N2Cc2ccco2)cc1. The van der Waals surface area contributed by atoms with Crippen LogP contribution in [0.25, 0.3) is 6.08 Å². The van der Waals surface area contributed by atoms with Gasteiger partial charge < -0.3 is 19.4 Å². The molecule has 4 aromatic rings. The molecule has 11 heteroatoms. The topological polar surface area (TPSA) is 99.7 Å². The zero-order valence-corrected chi connectivity index (χ0v) is 25.0. The van der Waals surface area contributed by atoms with E-state index in [0.29, 0.717) is 37.9 Å². The molecule has 0 aliphatic carbocycles. The molecule has 2 amide bonds. The van der Waals surface area contributed by atoms with Crippen LogP contribution in [0.4, 0.5) is 11.4 Å². The molecular weight excluding hydrogens is 586 g/mol. The molecule has 9 nitrogen and oxygen atoms in total. The summed E-state index contributed by atoms with van der Waals surface area (Å²) in [6, 6.07) is 25.4. The molecule has 0 saturated carbocycles. The standard InChI is InChI=1S/C32H28ClN5O4S/c1-37(2)26-15-9-22(10-16-26)19-34-36-32-38(20-27-7-5-17-41-27)31(40)29(43-32)18-23-6-3-4-8-28(23)42-21-30(39)35-25-13-11-24(33)12-14-25/h3-19H,20-21H2,1-2H3,(H,35,39)/b29-18-,34-19-,36-32+. The number of para-hydroxylation sites is 1. The van der Waals surface area contributed by atoms with E-state index in [9.17, 15) is 9.59 Å². The summed E-state index contributed by atoms with van der Waals surface area (Å²) < 4.78 is 11.3. The molecule has 1 aliphatic heterocycles. The third-order valence-electron chi connectivity index (χ3n) is 6.23. The summed E-state index contributed by atoms with van der Waals surface area (Å²) >= 11 is 7.11. The van der Waals surface area contributed by atoms with Crippen LogP contribution in [0, 0.1) is 0 Å². The molecule has 0 bridgehead atoms. The zero-order valence-electron chi connectivity index (χ0n) is 23.4. The van der Waals surface area contributed by atoms with E-state index in [-0.39, 0.29) is 25.0 Å². The van der Waals surface area contributed by atoms with Gasteiger partial charge in [-0.15, -0.1) is 5.10 Å². The van der Waals surface area contributed by atoms with E-state index in [1.165, 1.54) is 16.7 Å². The van der Waals surface area contributed by atoms with E-state index in [0.717, 1.165) is 11.3 Å². The highest BCUT2D eigenvalue weighted by Gasteiger charge is 2.34. The van der Waals surface area contributed by atoms with E-state index < -0.39 is 0 Å². The highest BCUT2D eigenvalue weighted by molar-refractivity contribution is 8.18. The molecule has 1 fully saturated rings. The molecule has 43 heavy (non-hydrogen) atoms. The van der Waals surface area contributed by atoms with Crippen molar-refractivity contribution >= 4 is 64.0 Å². The van der Waals surface area contributed by atoms with Crippen LogP contribution in [-0.2, 0) is 16.1 Å². The van der Waals surface area contributed by atoms with Crippen molar-refractivity contribution < 1.29 is 18.7 Å². The fraction of sp³-hybridized carbons (Fsp3) is 0.125. The number of nitrogens with one attached hydrogen (secondary N) is 1. The second-order valence-electron chi connectivity index (χ2n) is 9.58. The molecular formula is C32H28ClN5O4S. The molecule has 1 aromatic heterocycles. The molecule has 3 aromatic carbocycles. The van der Waals surface area contributed by atoms with E-state index in [4.69, 9.17) is 20.8 Å². The van der Waals surface area contributed by atoms with Gasteiger partial charge in [-0.05, 0) is 78.0 Å². The minimum absolute atomic E-state index is 0.199.